The maximum absolute atomic E-state index is 12.3. The highest BCUT2D eigenvalue weighted by Crippen LogP contribution is 2.29. The fourth-order valence-electron chi connectivity index (χ4n) is 1.49. The molecule has 0 amide bonds. The first-order valence-electron chi connectivity index (χ1n) is 4.84. The van der Waals surface area contributed by atoms with Gasteiger partial charge in [0.15, 0.2) is 0 Å². The molecule has 0 N–H and O–H groups in total. The average Bonchev–Trinajstić information content (AvgIpc) is 2.63. The SMILES string of the molecule is FC(F)(F)c1ccc(Cc2csc(Br)c2)cc1. The van der Waals surface area contributed by atoms with Gasteiger partial charge in [-0.2, -0.15) is 13.2 Å². The number of benzene rings is 1. The molecule has 90 valence electrons. The van der Waals surface area contributed by atoms with E-state index in [0.717, 1.165) is 27.0 Å². The summed E-state index contributed by atoms with van der Waals surface area (Å²) in [6.45, 7) is 0. The monoisotopic (exact) mass is 320 g/mol. The van der Waals surface area contributed by atoms with Gasteiger partial charge in [-0.15, -0.1) is 11.3 Å². The molecule has 0 nitrogen and oxygen atoms in total. The molecule has 2 rings (SSSR count). The second-order valence-corrected chi connectivity index (χ2v) is 5.92. The van der Waals surface area contributed by atoms with E-state index in [1.54, 1.807) is 11.3 Å². The van der Waals surface area contributed by atoms with Crippen LogP contribution in [0.2, 0.25) is 0 Å². The van der Waals surface area contributed by atoms with Crippen LogP contribution in [0.15, 0.2) is 39.5 Å². The Hall–Kier alpha value is -0.810. The fourth-order valence-corrected chi connectivity index (χ4v) is 2.69. The molecule has 0 radical (unpaired) electrons. The molecule has 1 aromatic heterocycles. The van der Waals surface area contributed by atoms with Crippen LogP contribution < -0.4 is 0 Å². The summed E-state index contributed by atoms with van der Waals surface area (Å²) in [5, 5.41) is 1.99. The van der Waals surface area contributed by atoms with Gasteiger partial charge >= 0.3 is 6.18 Å². The third kappa shape index (κ3) is 3.33. The van der Waals surface area contributed by atoms with E-state index in [-0.39, 0.29) is 0 Å². The first-order valence-corrected chi connectivity index (χ1v) is 6.51. The highest BCUT2D eigenvalue weighted by atomic mass is 79.9. The topological polar surface area (TPSA) is 0 Å². The summed E-state index contributed by atoms with van der Waals surface area (Å²) < 4.78 is 38.1. The normalized spacial score (nSPS) is 11.8. The summed E-state index contributed by atoms with van der Waals surface area (Å²) in [4.78, 5) is 0. The molecule has 0 fully saturated rings. The maximum atomic E-state index is 12.3. The molecule has 0 spiro atoms. The minimum absolute atomic E-state index is 0.604. The Bertz CT molecular complexity index is 499. The van der Waals surface area contributed by atoms with Crippen molar-refractivity contribution in [2.45, 2.75) is 12.6 Å². The van der Waals surface area contributed by atoms with Crippen LogP contribution in [0.3, 0.4) is 0 Å². The third-order valence-corrected chi connectivity index (χ3v) is 3.86. The first kappa shape index (κ1) is 12.6. The molecule has 0 aliphatic carbocycles. The van der Waals surface area contributed by atoms with Gasteiger partial charge in [0.25, 0.3) is 0 Å². The van der Waals surface area contributed by atoms with Crippen LogP contribution in [0.25, 0.3) is 0 Å². The highest BCUT2D eigenvalue weighted by molar-refractivity contribution is 9.11. The van der Waals surface area contributed by atoms with E-state index in [2.05, 4.69) is 15.9 Å². The number of hydrogen-bond acceptors (Lipinski definition) is 1. The minimum atomic E-state index is -4.26. The van der Waals surface area contributed by atoms with Crippen molar-refractivity contribution in [2.24, 2.45) is 0 Å². The van der Waals surface area contributed by atoms with Crippen molar-refractivity contribution in [3.63, 3.8) is 0 Å². The van der Waals surface area contributed by atoms with Crippen LogP contribution in [-0.2, 0) is 12.6 Å². The van der Waals surface area contributed by atoms with Crippen LogP contribution in [0.5, 0.6) is 0 Å². The maximum Gasteiger partial charge on any atom is 0.416 e. The van der Waals surface area contributed by atoms with Gasteiger partial charge in [-0.3, -0.25) is 0 Å². The zero-order valence-corrected chi connectivity index (χ0v) is 11.0. The molecule has 0 atom stereocenters. The highest BCUT2D eigenvalue weighted by Gasteiger charge is 2.29. The lowest BCUT2D eigenvalue weighted by Gasteiger charge is -2.07. The van der Waals surface area contributed by atoms with Crippen LogP contribution in [0, 0.1) is 0 Å². The van der Waals surface area contributed by atoms with Gasteiger partial charge in [0.1, 0.15) is 0 Å². The van der Waals surface area contributed by atoms with E-state index in [9.17, 15) is 13.2 Å². The van der Waals surface area contributed by atoms with E-state index >= 15 is 0 Å². The van der Waals surface area contributed by atoms with Crippen molar-refractivity contribution in [1.29, 1.82) is 0 Å². The van der Waals surface area contributed by atoms with E-state index < -0.39 is 11.7 Å². The van der Waals surface area contributed by atoms with Crippen LogP contribution >= 0.6 is 27.3 Å². The molecule has 0 saturated carbocycles. The van der Waals surface area contributed by atoms with Gasteiger partial charge in [-0.1, -0.05) is 12.1 Å². The number of alkyl halides is 3. The van der Waals surface area contributed by atoms with Gasteiger partial charge in [0, 0.05) is 0 Å². The summed E-state index contributed by atoms with van der Waals surface area (Å²) in [6, 6.07) is 7.26. The van der Waals surface area contributed by atoms with E-state index in [0.29, 0.717) is 6.42 Å². The quantitative estimate of drug-likeness (QED) is 0.720. The molecule has 17 heavy (non-hydrogen) atoms. The minimum Gasteiger partial charge on any atom is -0.166 e. The molecule has 2 aromatic rings. The molecule has 1 heterocycles. The fraction of sp³-hybridized carbons (Fsp3) is 0.167. The molecule has 1 aromatic carbocycles. The van der Waals surface area contributed by atoms with E-state index in [1.165, 1.54) is 12.1 Å². The van der Waals surface area contributed by atoms with E-state index in [4.69, 9.17) is 0 Å². The zero-order valence-electron chi connectivity index (χ0n) is 8.59. The Morgan fingerprint density at radius 2 is 1.71 bits per heavy atom. The summed E-state index contributed by atoms with van der Waals surface area (Å²) in [6.07, 6.45) is -3.61. The molecule has 0 saturated heterocycles. The molecular formula is C12H8BrF3S. The number of halogens is 4. The first-order chi connectivity index (χ1) is 7.95. The molecular weight excluding hydrogens is 313 g/mol. The van der Waals surface area contributed by atoms with Gasteiger partial charge in [-0.25, -0.2) is 0 Å². The standard InChI is InChI=1S/C12H8BrF3S/c13-11-6-9(7-17-11)5-8-1-3-10(4-2-8)12(14,15)16/h1-4,6-7H,5H2. The van der Waals surface area contributed by atoms with Gasteiger partial charge in [0.2, 0.25) is 0 Å². The summed E-state index contributed by atoms with van der Waals surface area (Å²) in [7, 11) is 0. The van der Waals surface area contributed by atoms with Crippen molar-refractivity contribution in [3.8, 4) is 0 Å². The predicted octanol–water partition coefficient (Wildman–Crippen LogP) is 5.12. The Morgan fingerprint density at radius 3 is 2.18 bits per heavy atom. The lowest BCUT2D eigenvalue weighted by atomic mass is 10.1. The lowest BCUT2D eigenvalue weighted by molar-refractivity contribution is -0.137. The van der Waals surface area contributed by atoms with Crippen molar-refractivity contribution < 1.29 is 13.2 Å². The van der Waals surface area contributed by atoms with Crippen molar-refractivity contribution in [3.05, 3.63) is 56.2 Å². The smallest absolute Gasteiger partial charge is 0.166 e. The van der Waals surface area contributed by atoms with Crippen molar-refractivity contribution in [1.82, 2.24) is 0 Å². The lowest BCUT2D eigenvalue weighted by Crippen LogP contribution is -2.04. The van der Waals surface area contributed by atoms with Crippen LogP contribution in [0.1, 0.15) is 16.7 Å². The Morgan fingerprint density at radius 1 is 1.06 bits per heavy atom. The van der Waals surface area contributed by atoms with Gasteiger partial charge in [-0.05, 0) is 57.1 Å². The van der Waals surface area contributed by atoms with Crippen molar-refractivity contribution in [2.75, 3.05) is 0 Å². The number of rotatable bonds is 2. The molecule has 0 aliphatic rings. The van der Waals surface area contributed by atoms with Crippen molar-refractivity contribution >= 4 is 27.3 Å². The second-order valence-electron chi connectivity index (χ2n) is 3.63. The zero-order chi connectivity index (χ0) is 12.5. The van der Waals surface area contributed by atoms with Gasteiger partial charge < -0.3 is 0 Å². The predicted molar refractivity (Wildman–Crippen MR) is 66.3 cm³/mol. The Balaban J connectivity index is 2.13. The largest absolute Gasteiger partial charge is 0.416 e. The number of thiophene rings is 1. The van der Waals surface area contributed by atoms with Gasteiger partial charge in [0.05, 0.1) is 9.35 Å². The second kappa shape index (κ2) is 4.82. The molecule has 5 heteroatoms. The Kier molecular flexibility index (Phi) is 3.58. The summed E-state index contributed by atoms with van der Waals surface area (Å²) >= 11 is 4.92. The molecule has 0 bridgehead atoms. The molecule has 0 aliphatic heterocycles. The summed E-state index contributed by atoms with van der Waals surface area (Å²) in [5.74, 6) is 0. The van der Waals surface area contributed by atoms with Crippen LogP contribution in [-0.4, -0.2) is 0 Å². The van der Waals surface area contributed by atoms with Crippen LogP contribution in [0.4, 0.5) is 13.2 Å². The van der Waals surface area contributed by atoms with E-state index in [1.807, 2.05) is 11.4 Å². The molecule has 0 unspecified atom stereocenters. The summed E-state index contributed by atoms with van der Waals surface area (Å²) in [5.41, 5.74) is 1.37. The number of hydrogen-bond donors (Lipinski definition) is 0. The Labute approximate surface area is 109 Å². The third-order valence-electron chi connectivity index (χ3n) is 2.31. The average molecular weight is 321 g/mol.